The van der Waals surface area contributed by atoms with Gasteiger partial charge in [0.25, 0.3) is 0 Å². The fourth-order valence-electron chi connectivity index (χ4n) is 1.90. The standard InChI is InChI=1S/C14H19N5O3/c1-3-22-13(20)9-19-17-14(16-18-19)12(15)8-10-4-6-11(21-2)7-5-10/h4-7,12H,3,8-9,15H2,1-2H3/t12-/m0/s1. The molecule has 0 saturated carbocycles. The number of ether oxygens (including phenoxy) is 2. The Balaban J connectivity index is 1.95. The molecule has 0 bridgehead atoms. The van der Waals surface area contributed by atoms with Crippen molar-refractivity contribution in [2.75, 3.05) is 13.7 Å². The molecule has 0 unspecified atom stereocenters. The number of aromatic nitrogens is 4. The number of esters is 1. The number of carbonyl (C=O) groups excluding carboxylic acids is 1. The summed E-state index contributed by atoms with van der Waals surface area (Å²) in [5, 5.41) is 11.8. The molecule has 0 saturated heterocycles. The van der Waals surface area contributed by atoms with Gasteiger partial charge in [-0.3, -0.25) is 0 Å². The number of nitrogens with two attached hydrogens (primary N) is 1. The monoisotopic (exact) mass is 305 g/mol. The molecule has 22 heavy (non-hydrogen) atoms. The van der Waals surface area contributed by atoms with Gasteiger partial charge in [-0.05, 0) is 36.3 Å². The summed E-state index contributed by atoms with van der Waals surface area (Å²) in [6, 6.07) is 7.20. The van der Waals surface area contributed by atoms with Crippen LogP contribution in [0.15, 0.2) is 24.3 Å². The van der Waals surface area contributed by atoms with Gasteiger partial charge in [0, 0.05) is 0 Å². The van der Waals surface area contributed by atoms with Gasteiger partial charge in [-0.15, -0.1) is 10.2 Å². The van der Waals surface area contributed by atoms with E-state index in [1.165, 1.54) is 4.80 Å². The summed E-state index contributed by atoms with van der Waals surface area (Å²) in [4.78, 5) is 12.5. The maximum atomic E-state index is 11.3. The zero-order valence-corrected chi connectivity index (χ0v) is 12.6. The van der Waals surface area contributed by atoms with Gasteiger partial charge in [-0.2, -0.15) is 4.80 Å². The third kappa shape index (κ3) is 4.26. The molecular weight excluding hydrogens is 286 g/mol. The second-order valence-corrected chi connectivity index (χ2v) is 4.64. The largest absolute Gasteiger partial charge is 0.497 e. The molecule has 2 N–H and O–H groups in total. The van der Waals surface area contributed by atoms with E-state index in [0.29, 0.717) is 18.9 Å². The summed E-state index contributed by atoms with van der Waals surface area (Å²) in [6.45, 7) is 1.98. The Hall–Kier alpha value is -2.48. The van der Waals surface area contributed by atoms with Crippen LogP contribution in [0, 0.1) is 0 Å². The lowest BCUT2D eigenvalue weighted by molar-refractivity contribution is -0.144. The van der Waals surface area contributed by atoms with E-state index in [4.69, 9.17) is 15.2 Å². The molecule has 0 fully saturated rings. The van der Waals surface area contributed by atoms with Crippen molar-refractivity contribution in [3.8, 4) is 5.75 Å². The molecule has 1 aromatic carbocycles. The molecule has 8 nitrogen and oxygen atoms in total. The minimum atomic E-state index is -0.407. The predicted molar refractivity (Wildman–Crippen MR) is 78.1 cm³/mol. The lowest BCUT2D eigenvalue weighted by Gasteiger charge is -2.07. The van der Waals surface area contributed by atoms with E-state index in [1.807, 2.05) is 24.3 Å². The first-order valence-corrected chi connectivity index (χ1v) is 6.94. The van der Waals surface area contributed by atoms with E-state index < -0.39 is 12.0 Å². The van der Waals surface area contributed by atoms with Crippen LogP contribution in [-0.4, -0.2) is 39.9 Å². The second-order valence-electron chi connectivity index (χ2n) is 4.64. The molecule has 2 aromatic rings. The molecule has 0 amide bonds. The molecule has 2 rings (SSSR count). The number of nitrogens with zero attached hydrogens (tertiary/aromatic N) is 4. The molecule has 1 atom stereocenters. The minimum absolute atomic E-state index is 0.0733. The highest BCUT2D eigenvalue weighted by Crippen LogP contribution is 2.16. The van der Waals surface area contributed by atoms with E-state index in [0.717, 1.165) is 11.3 Å². The van der Waals surface area contributed by atoms with Crippen molar-refractivity contribution in [1.82, 2.24) is 20.2 Å². The average Bonchev–Trinajstić information content (AvgIpc) is 2.97. The third-order valence-electron chi connectivity index (χ3n) is 2.99. The maximum Gasteiger partial charge on any atom is 0.329 e. The van der Waals surface area contributed by atoms with Crippen molar-refractivity contribution in [2.24, 2.45) is 5.73 Å². The van der Waals surface area contributed by atoms with Crippen LogP contribution in [0.5, 0.6) is 5.75 Å². The van der Waals surface area contributed by atoms with Gasteiger partial charge >= 0.3 is 5.97 Å². The fraction of sp³-hybridized carbons (Fsp3) is 0.429. The van der Waals surface area contributed by atoms with Gasteiger partial charge < -0.3 is 15.2 Å². The molecule has 8 heteroatoms. The lowest BCUT2D eigenvalue weighted by Crippen LogP contribution is -2.18. The van der Waals surface area contributed by atoms with E-state index in [1.54, 1.807) is 14.0 Å². The summed E-state index contributed by atoms with van der Waals surface area (Å²) in [5.74, 6) is 0.770. The third-order valence-corrected chi connectivity index (χ3v) is 2.99. The van der Waals surface area contributed by atoms with Crippen molar-refractivity contribution in [3.05, 3.63) is 35.7 Å². The highest BCUT2D eigenvalue weighted by Gasteiger charge is 2.15. The Kier molecular flexibility index (Phi) is 5.42. The van der Waals surface area contributed by atoms with Crippen molar-refractivity contribution in [1.29, 1.82) is 0 Å². The Bertz CT molecular complexity index is 611. The predicted octanol–water partition coefficient (Wildman–Crippen LogP) is 0.487. The van der Waals surface area contributed by atoms with Gasteiger partial charge in [0.15, 0.2) is 12.4 Å². The van der Waals surface area contributed by atoms with Crippen molar-refractivity contribution in [2.45, 2.75) is 25.9 Å². The zero-order valence-electron chi connectivity index (χ0n) is 12.6. The molecule has 0 aliphatic heterocycles. The van der Waals surface area contributed by atoms with Crippen LogP contribution in [0.2, 0.25) is 0 Å². The molecular formula is C14H19N5O3. The quantitative estimate of drug-likeness (QED) is 0.742. The van der Waals surface area contributed by atoms with Crippen LogP contribution in [0.25, 0.3) is 0 Å². The summed E-state index contributed by atoms with van der Waals surface area (Å²) in [7, 11) is 1.62. The highest BCUT2D eigenvalue weighted by molar-refractivity contribution is 5.68. The Morgan fingerprint density at radius 1 is 1.36 bits per heavy atom. The van der Waals surface area contributed by atoms with E-state index >= 15 is 0 Å². The number of carbonyl (C=O) groups is 1. The van der Waals surface area contributed by atoms with Crippen LogP contribution in [0.3, 0.4) is 0 Å². The van der Waals surface area contributed by atoms with Crippen LogP contribution in [0.4, 0.5) is 0 Å². The first-order chi connectivity index (χ1) is 10.6. The summed E-state index contributed by atoms with van der Waals surface area (Å²) in [6.07, 6.45) is 0.565. The highest BCUT2D eigenvalue weighted by atomic mass is 16.5. The Morgan fingerprint density at radius 3 is 2.73 bits per heavy atom. The van der Waals surface area contributed by atoms with Crippen LogP contribution in [-0.2, 0) is 22.5 Å². The Labute approximate surface area is 128 Å². The molecule has 0 aliphatic rings. The van der Waals surface area contributed by atoms with Crippen LogP contribution >= 0.6 is 0 Å². The smallest absolute Gasteiger partial charge is 0.329 e. The number of rotatable bonds is 7. The maximum absolute atomic E-state index is 11.3. The zero-order chi connectivity index (χ0) is 15.9. The minimum Gasteiger partial charge on any atom is -0.497 e. The van der Waals surface area contributed by atoms with Gasteiger partial charge in [-0.1, -0.05) is 12.1 Å². The summed E-state index contributed by atoms with van der Waals surface area (Å²) < 4.78 is 9.93. The number of tetrazole rings is 1. The van der Waals surface area contributed by atoms with Gasteiger partial charge in [-0.25, -0.2) is 4.79 Å². The SMILES string of the molecule is CCOC(=O)Cn1nnc([C@@H](N)Cc2ccc(OC)cc2)n1. The summed E-state index contributed by atoms with van der Waals surface area (Å²) in [5.41, 5.74) is 7.11. The topological polar surface area (TPSA) is 105 Å². The first kappa shape index (κ1) is 15.9. The molecule has 0 spiro atoms. The van der Waals surface area contributed by atoms with E-state index in [2.05, 4.69) is 15.4 Å². The second kappa shape index (κ2) is 7.51. The molecule has 118 valence electrons. The van der Waals surface area contributed by atoms with Gasteiger partial charge in [0.05, 0.1) is 19.8 Å². The Morgan fingerprint density at radius 2 is 2.09 bits per heavy atom. The van der Waals surface area contributed by atoms with Crippen LogP contribution in [0.1, 0.15) is 24.4 Å². The number of benzene rings is 1. The normalized spacial score (nSPS) is 12.0. The first-order valence-electron chi connectivity index (χ1n) is 6.94. The van der Waals surface area contributed by atoms with Gasteiger partial charge in [0.1, 0.15) is 5.75 Å². The van der Waals surface area contributed by atoms with Gasteiger partial charge in [0.2, 0.25) is 0 Å². The number of hydrogen-bond acceptors (Lipinski definition) is 7. The van der Waals surface area contributed by atoms with Crippen molar-refractivity contribution in [3.63, 3.8) is 0 Å². The van der Waals surface area contributed by atoms with Crippen molar-refractivity contribution >= 4 is 5.97 Å². The molecule has 1 aromatic heterocycles. The van der Waals surface area contributed by atoms with E-state index in [9.17, 15) is 4.79 Å². The fourth-order valence-corrected chi connectivity index (χ4v) is 1.90. The number of methoxy groups -OCH3 is 1. The molecule has 0 radical (unpaired) electrons. The number of hydrogen-bond donors (Lipinski definition) is 1. The van der Waals surface area contributed by atoms with Crippen molar-refractivity contribution < 1.29 is 14.3 Å². The van der Waals surface area contributed by atoms with E-state index in [-0.39, 0.29) is 6.54 Å². The molecule has 1 heterocycles. The lowest BCUT2D eigenvalue weighted by atomic mass is 10.1. The summed E-state index contributed by atoms with van der Waals surface area (Å²) >= 11 is 0. The average molecular weight is 305 g/mol. The molecule has 0 aliphatic carbocycles. The van der Waals surface area contributed by atoms with Crippen LogP contribution < -0.4 is 10.5 Å².